The molecule has 0 amide bonds. The van der Waals surface area contributed by atoms with Gasteiger partial charge in [-0.1, -0.05) is 6.07 Å². The van der Waals surface area contributed by atoms with E-state index in [1.165, 1.54) is 0 Å². The van der Waals surface area contributed by atoms with Crippen molar-refractivity contribution < 1.29 is 9.47 Å². The van der Waals surface area contributed by atoms with Crippen molar-refractivity contribution in [1.29, 1.82) is 0 Å². The first kappa shape index (κ1) is 11.1. The number of aromatic nitrogens is 3. The lowest BCUT2D eigenvalue weighted by Crippen LogP contribution is -2.07. The third-order valence-corrected chi connectivity index (χ3v) is 2.76. The number of hydrogen-bond donors (Lipinski definition) is 1. The van der Waals surface area contributed by atoms with Gasteiger partial charge in [0.25, 0.3) is 0 Å². The first-order chi connectivity index (χ1) is 7.90. The number of hydrogen-bond acceptors (Lipinski definition) is 5. The van der Waals surface area contributed by atoms with Crippen molar-refractivity contribution in [3.63, 3.8) is 0 Å². The molecule has 0 unspecified atom stereocenters. The highest BCUT2D eigenvalue weighted by atomic mass is 32.1. The molecule has 0 aromatic carbocycles. The van der Waals surface area contributed by atoms with E-state index in [9.17, 15) is 0 Å². The number of ether oxygens (including phenoxy) is 2. The maximum absolute atomic E-state index is 5.31. The Morgan fingerprint density at radius 3 is 3.12 bits per heavy atom. The van der Waals surface area contributed by atoms with Crippen LogP contribution in [0.3, 0.4) is 0 Å². The van der Waals surface area contributed by atoms with E-state index in [1.807, 2.05) is 24.4 Å². The molecule has 0 aliphatic carbocycles. The summed E-state index contributed by atoms with van der Waals surface area (Å²) in [6.07, 6.45) is 0. The lowest BCUT2D eigenvalue weighted by molar-refractivity contribution is 0.106. The summed E-state index contributed by atoms with van der Waals surface area (Å²) >= 11 is 1.61. The van der Waals surface area contributed by atoms with E-state index in [2.05, 4.69) is 15.2 Å². The molecule has 0 saturated carbocycles. The fraction of sp³-hybridized carbons (Fsp3) is 0.400. The third-order valence-electron chi connectivity index (χ3n) is 1.88. The molecule has 0 aliphatic heterocycles. The molecule has 0 spiro atoms. The van der Waals surface area contributed by atoms with Crippen LogP contribution in [-0.4, -0.2) is 35.0 Å². The normalized spacial score (nSPS) is 10.6. The molecule has 0 radical (unpaired) electrons. The molecule has 16 heavy (non-hydrogen) atoms. The zero-order chi connectivity index (χ0) is 11.2. The zero-order valence-electron chi connectivity index (χ0n) is 8.97. The van der Waals surface area contributed by atoms with Crippen LogP contribution in [0, 0.1) is 0 Å². The van der Waals surface area contributed by atoms with Crippen LogP contribution in [0.15, 0.2) is 17.5 Å². The number of nitrogens with zero attached hydrogens (tertiary/aromatic N) is 2. The molecule has 0 atom stereocenters. The van der Waals surface area contributed by atoms with Crippen molar-refractivity contribution in [3.05, 3.63) is 17.5 Å². The van der Waals surface area contributed by atoms with Gasteiger partial charge in [0.2, 0.25) is 0 Å². The molecule has 2 heterocycles. The molecule has 2 aromatic rings. The van der Waals surface area contributed by atoms with Gasteiger partial charge in [0, 0.05) is 6.61 Å². The zero-order valence-corrected chi connectivity index (χ0v) is 9.79. The molecule has 5 nitrogen and oxygen atoms in total. The Morgan fingerprint density at radius 1 is 1.44 bits per heavy atom. The van der Waals surface area contributed by atoms with Gasteiger partial charge in [-0.3, -0.25) is 5.10 Å². The van der Waals surface area contributed by atoms with Crippen LogP contribution in [0.5, 0.6) is 6.01 Å². The number of rotatable bonds is 6. The summed E-state index contributed by atoms with van der Waals surface area (Å²) in [5.41, 5.74) is 0. The van der Waals surface area contributed by atoms with E-state index >= 15 is 0 Å². The smallest absolute Gasteiger partial charge is 0.335 e. The minimum atomic E-state index is 0.364. The molecule has 1 N–H and O–H groups in total. The molecule has 86 valence electrons. The van der Waals surface area contributed by atoms with Crippen LogP contribution in [0.25, 0.3) is 10.7 Å². The van der Waals surface area contributed by atoms with Crippen LogP contribution in [0.2, 0.25) is 0 Å². The van der Waals surface area contributed by atoms with Gasteiger partial charge in [-0.05, 0) is 18.4 Å². The van der Waals surface area contributed by atoms with Gasteiger partial charge in [0.1, 0.15) is 6.61 Å². The molecule has 0 bridgehead atoms. The van der Waals surface area contributed by atoms with E-state index in [1.54, 1.807) is 11.3 Å². The van der Waals surface area contributed by atoms with Crippen molar-refractivity contribution >= 4 is 11.3 Å². The first-order valence-electron chi connectivity index (χ1n) is 5.07. The Bertz CT molecular complexity index is 413. The largest absolute Gasteiger partial charge is 0.460 e. The fourth-order valence-electron chi connectivity index (χ4n) is 1.17. The van der Waals surface area contributed by atoms with Crippen molar-refractivity contribution in [1.82, 2.24) is 15.2 Å². The topological polar surface area (TPSA) is 60.0 Å². The molecule has 2 aromatic heterocycles. The number of H-pyrrole nitrogens is 1. The van der Waals surface area contributed by atoms with E-state index in [4.69, 9.17) is 9.47 Å². The van der Waals surface area contributed by atoms with Crippen molar-refractivity contribution in [3.8, 4) is 16.7 Å². The molecule has 6 heteroatoms. The van der Waals surface area contributed by atoms with Crippen LogP contribution in [0.4, 0.5) is 0 Å². The standard InChI is InChI=1S/C10H13N3O2S/c1-2-14-5-6-15-10-11-9(12-13-10)8-4-3-7-16-8/h3-4,7H,2,5-6H2,1H3,(H,11,12,13). The van der Waals surface area contributed by atoms with Crippen LogP contribution in [-0.2, 0) is 4.74 Å². The maximum Gasteiger partial charge on any atom is 0.335 e. The predicted molar refractivity (Wildman–Crippen MR) is 61.7 cm³/mol. The predicted octanol–water partition coefficient (Wildman–Crippen LogP) is 1.95. The first-order valence-corrected chi connectivity index (χ1v) is 5.95. The van der Waals surface area contributed by atoms with E-state index < -0.39 is 0 Å². The second kappa shape index (κ2) is 5.62. The summed E-state index contributed by atoms with van der Waals surface area (Å²) in [6.45, 7) is 3.66. The minimum Gasteiger partial charge on any atom is -0.460 e. The molecule has 2 rings (SSSR count). The Kier molecular flexibility index (Phi) is 3.90. The van der Waals surface area contributed by atoms with Gasteiger partial charge in [0.05, 0.1) is 11.5 Å². The van der Waals surface area contributed by atoms with Crippen LogP contribution in [0.1, 0.15) is 6.92 Å². The average molecular weight is 239 g/mol. The third kappa shape index (κ3) is 2.80. The van der Waals surface area contributed by atoms with Crippen LogP contribution < -0.4 is 4.74 Å². The lowest BCUT2D eigenvalue weighted by Gasteiger charge is -2.00. The van der Waals surface area contributed by atoms with E-state index in [0.717, 1.165) is 10.7 Å². The average Bonchev–Trinajstić information content (AvgIpc) is 2.94. The quantitative estimate of drug-likeness (QED) is 0.783. The highest BCUT2D eigenvalue weighted by Gasteiger charge is 2.06. The van der Waals surface area contributed by atoms with Gasteiger partial charge in [-0.25, -0.2) is 0 Å². The number of nitrogens with one attached hydrogen (secondary N) is 1. The van der Waals surface area contributed by atoms with Crippen LogP contribution >= 0.6 is 11.3 Å². The van der Waals surface area contributed by atoms with Gasteiger partial charge in [-0.15, -0.1) is 16.4 Å². The molecular formula is C10H13N3O2S. The highest BCUT2D eigenvalue weighted by Crippen LogP contribution is 2.21. The lowest BCUT2D eigenvalue weighted by atomic mass is 10.4. The Labute approximate surface area is 97.4 Å². The second-order valence-corrected chi connectivity index (χ2v) is 3.94. The number of aromatic amines is 1. The molecule has 0 saturated heterocycles. The summed E-state index contributed by atoms with van der Waals surface area (Å²) in [5.74, 6) is 0.737. The second-order valence-electron chi connectivity index (χ2n) is 2.99. The SMILES string of the molecule is CCOCCOc1n[nH]c(-c2cccs2)n1. The minimum absolute atomic E-state index is 0.364. The van der Waals surface area contributed by atoms with E-state index in [0.29, 0.717) is 25.8 Å². The summed E-state index contributed by atoms with van der Waals surface area (Å²) in [4.78, 5) is 5.26. The Balaban J connectivity index is 1.88. The fourth-order valence-corrected chi connectivity index (χ4v) is 1.83. The summed E-state index contributed by atoms with van der Waals surface area (Å²) in [7, 11) is 0. The van der Waals surface area contributed by atoms with E-state index in [-0.39, 0.29) is 0 Å². The Hall–Kier alpha value is -1.40. The molecular weight excluding hydrogens is 226 g/mol. The summed E-state index contributed by atoms with van der Waals surface area (Å²) in [6, 6.07) is 4.32. The highest BCUT2D eigenvalue weighted by molar-refractivity contribution is 7.13. The monoisotopic (exact) mass is 239 g/mol. The van der Waals surface area contributed by atoms with Crippen molar-refractivity contribution in [2.24, 2.45) is 0 Å². The van der Waals surface area contributed by atoms with Crippen molar-refractivity contribution in [2.75, 3.05) is 19.8 Å². The molecule has 0 fully saturated rings. The summed E-state index contributed by atoms with van der Waals surface area (Å²) < 4.78 is 10.5. The van der Waals surface area contributed by atoms with Gasteiger partial charge in [0.15, 0.2) is 5.82 Å². The van der Waals surface area contributed by atoms with Gasteiger partial charge < -0.3 is 9.47 Å². The van der Waals surface area contributed by atoms with Crippen molar-refractivity contribution in [2.45, 2.75) is 6.92 Å². The Morgan fingerprint density at radius 2 is 2.38 bits per heavy atom. The van der Waals surface area contributed by atoms with Gasteiger partial charge >= 0.3 is 6.01 Å². The maximum atomic E-state index is 5.31. The van der Waals surface area contributed by atoms with Gasteiger partial charge in [-0.2, -0.15) is 4.98 Å². The molecule has 0 aliphatic rings. The summed E-state index contributed by atoms with van der Waals surface area (Å²) in [5, 5.41) is 8.79. The number of thiophene rings is 1.